The summed E-state index contributed by atoms with van der Waals surface area (Å²) in [4.78, 5) is 26.8. The Kier molecular flexibility index (Phi) is 3.45. The number of aromatic nitrogens is 1. The fourth-order valence-corrected chi connectivity index (χ4v) is 1.67. The van der Waals surface area contributed by atoms with Gasteiger partial charge in [0.15, 0.2) is 5.13 Å². The third-order valence-electron chi connectivity index (χ3n) is 1.48. The van der Waals surface area contributed by atoms with Crippen molar-refractivity contribution in [1.82, 2.24) is 4.98 Å². The van der Waals surface area contributed by atoms with Crippen LogP contribution in [0.2, 0.25) is 0 Å². The van der Waals surface area contributed by atoms with Gasteiger partial charge in [-0.05, 0) is 0 Å². The topological polar surface area (TPSA) is 128 Å². The lowest BCUT2D eigenvalue weighted by Gasteiger charge is -2.17. The maximum atomic E-state index is 10.7. The van der Waals surface area contributed by atoms with Crippen LogP contribution in [0.5, 0.6) is 0 Å². The lowest BCUT2D eigenvalue weighted by Crippen LogP contribution is -2.39. The summed E-state index contributed by atoms with van der Waals surface area (Å²) < 4.78 is 0. The molecule has 0 spiro atoms. The van der Waals surface area contributed by atoms with Gasteiger partial charge in [0.1, 0.15) is 5.00 Å². The van der Waals surface area contributed by atoms with E-state index < -0.39 is 11.8 Å². The molecule has 0 fully saturated rings. The van der Waals surface area contributed by atoms with Crippen molar-refractivity contribution in [2.75, 3.05) is 23.7 Å². The predicted molar refractivity (Wildman–Crippen MR) is 57.1 cm³/mol. The minimum atomic E-state index is -0.565. The van der Waals surface area contributed by atoms with Gasteiger partial charge in [-0.3, -0.25) is 9.59 Å². The van der Waals surface area contributed by atoms with Crippen LogP contribution in [-0.2, 0) is 9.59 Å². The predicted octanol–water partition coefficient (Wildman–Crippen LogP) is -1.50. The number of nitrogens with zero attached hydrogens (tertiary/aromatic N) is 2. The fourth-order valence-electron chi connectivity index (χ4n) is 0.991. The Morgan fingerprint density at radius 2 is 1.87 bits per heavy atom. The average molecular weight is 229 g/mol. The van der Waals surface area contributed by atoms with Crippen molar-refractivity contribution in [3.63, 3.8) is 0 Å². The standard InChI is InChI=1S/C7H11N5O2S/c8-4(13)2-12(3-5(9)14)7-11-1-6(10)15-7/h1H,2-3,10H2,(H2,8,13)(H2,9,14). The molecule has 1 aromatic rings. The number of carbonyl (C=O) groups is 2. The smallest absolute Gasteiger partial charge is 0.237 e. The second kappa shape index (κ2) is 4.60. The number of nitrogen functional groups attached to an aromatic ring is 1. The normalized spacial score (nSPS) is 9.87. The molecule has 0 aromatic carbocycles. The molecule has 0 aliphatic rings. The highest BCUT2D eigenvalue weighted by Crippen LogP contribution is 2.23. The van der Waals surface area contributed by atoms with Crippen LogP contribution in [0.25, 0.3) is 0 Å². The Labute approximate surface area is 89.9 Å². The Bertz CT molecular complexity index is 361. The number of primary amides is 2. The number of hydrogen-bond donors (Lipinski definition) is 3. The molecule has 0 saturated carbocycles. The molecular weight excluding hydrogens is 218 g/mol. The Hall–Kier alpha value is -1.83. The number of thiazole rings is 1. The van der Waals surface area contributed by atoms with Gasteiger partial charge in [0.2, 0.25) is 11.8 Å². The number of anilines is 2. The molecule has 15 heavy (non-hydrogen) atoms. The molecular formula is C7H11N5O2S. The number of rotatable bonds is 5. The summed E-state index contributed by atoms with van der Waals surface area (Å²) in [5.74, 6) is -1.13. The van der Waals surface area contributed by atoms with E-state index in [4.69, 9.17) is 17.2 Å². The van der Waals surface area contributed by atoms with Gasteiger partial charge in [-0.1, -0.05) is 11.3 Å². The van der Waals surface area contributed by atoms with E-state index in [9.17, 15) is 9.59 Å². The van der Waals surface area contributed by atoms with Crippen molar-refractivity contribution in [2.24, 2.45) is 11.5 Å². The summed E-state index contributed by atoms with van der Waals surface area (Å²) in [6.45, 7) is -0.230. The zero-order valence-electron chi connectivity index (χ0n) is 7.84. The van der Waals surface area contributed by atoms with Crippen LogP contribution < -0.4 is 22.1 Å². The van der Waals surface area contributed by atoms with E-state index >= 15 is 0 Å². The third-order valence-corrected chi connectivity index (χ3v) is 2.36. The molecule has 0 saturated heterocycles. The molecule has 0 bridgehead atoms. The van der Waals surface area contributed by atoms with E-state index in [-0.39, 0.29) is 13.1 Å². The first-order chi connectivity index (χ1) is 6.99. The van der Waals surface area contributed by atoms with Crippen LogP contribution in [0.1, 0.15) is 0 Å². The fraction of sp³-hybridized carbons (Fsp3) is 0.286. The lowest BCUT2D eigenvalue weighted by atomic mass is 10.5. The van der Waals surface area contributed by atoms with Gasteiger partial charge in [-0.25, -0.2) is 4.98 Å². The molecule has 7 nitrogen and oxygen atoms in total. The Morgan fingerprint density at radius 1 is 1.33 bits per heavy atom. The van der Waals surface area contributed by atoms with Gasteiger partial charge in [0.05, 0.1) is 19.3 Å². The van der Waals surface area contributed by atoms with Crippen LogP contribution in [0, 0.1) is 0 Å². The van der Waals surface area contributed by atoms with Crippen molar-refractivity contribution in [3.05, 3.63) is 6.20 Å². The summed E-state index contributed by atoms with van der Waals surface area (Å²) in [6.07, 6.45) is 1.44. The molecule has 0 atom stereocenters. The number of nitrogens with two attached hydrogens (primary N) is 3. The van der Waals surface area contributed by atoms with Crippen LogP contribution >= 0.6 is 11.3 Å². The summed E-state index contributed by atoms with van der Waals surface area (Å²) in [5.41, 5.74) is 15.5. The van der Waals surface area contributed by atoms with E-state index in [0.29, 0.717) is 10.1 Å². The first-order valence-electron chi connectivity index (χ1n) is 4.02. The maximum Gasteiger partial charge on any atom is 0.237 e. The second-order valence-corrected chi connectivity index (χ2v) is 3.87. The molecule has 2 amide bonds. The Balaban J connectivity index is 2.80. The van der Waals surface area contributed by atoms with Crippen molar-refractivity contribution >= 4 is 33.3 Å². The van der Waals surface area contributed by atoms with Crippen LogP contribution in [0.3, 0.4) is 0 Å². The molecule has 0 aliphatic heterocycles. The quantitative estimate of drug-likeness (QED) is 0.566. The molecule has 82 valence electrons. The van der Waals surface area contributed by atoms with Crippen molar-refractivity contribution in [2.45, 2.75) is 0 Å². The minimum absolute atomic E-state index is 0.115. The van der Waals surface area contributed by atoms with Gasteiger partial charge < -0.3 is 22.1 Å². The summed E-state index contributed by atoms with van der Waals surface area (Å²) in [6, 6.07) is 0. The highest BCUT2D eigenvalue weighted by atomic mass is 32.1. The molecule has 0 radical (unpaired) electrons. The van der Waals surface area contributed by atoms with Gasteiger partial charge in [0, 0.05) is 0 Å². The van der Waals surface area contributed by atoms with E-state index in [1.165, 1.54) is 11.1 Å². The first kappa shape index (κ1) is 11.2. The second-order valence-electron chi connectivity index (χ2n) is 2.83. The van der Waals surface area contributed by atoms with Crippen molar-refractivity contribution in [1.29, 1.82) is 0 Å². The average Bonchev–Trinajstić information content (AvgIpc) is 2.48. The van der Waals surface area contributed by atoms with Crippen LogP contribution in [-0.4, -0.2) is 29.9 Å². The summed E-state index contributed by atoms with van der Waals surface area (Å²) in [5, 5.41) is 0.939. The molecule has 8 heteroatoms. The zero-order chi connectivity index (χ0) is 11.4. The lowest BCUT2D eigenvalue weighted by molar-refractivity contribution is -0.117. The highest BCUT2D eigenvalue weighted by Gasteiger charge is 2.15. The molecule has 0 aliphatic carbocycles. The summed E-state index contributed by atoms with van der Waals surface area (Å²) >= 11 is 1.16. The van der Waals surface area contributed by atoms with Gasteiger partial charge in [-0.15, -0.1) is 0 Å². The maximum absolute atomic E-state index is 10.7. The number of carbonyl (C=O) groups excluding carboxylic acids is 2. The molecule has 0 unspecified atom stereocenters. The molecule has 1 heterocycles. The van der Waals surface area contributed by atoms with Gasteiger partial charge in [-0.2, -0.15) is 0 Å². The first-order valence-corrected chi connectivity index (χ1v) is 4.83. The summed E-state index contributed by atoms with van der Waals surface area (Å²) in [7, 11) is 0. The van der Waals surface area contributed by atoms with Crippen molar-refractivity contribution < 1.29 is 9.59 Å². The van der Waals surface area contributed by atoms with Crippen LogP contribution in [0.15, 0.2) is 6.20 Å². The molecule has 1 rings (SSSR count). The largest absolute Gasteiger partial charge is 0.389 e. The van der Waals surface area contributed by atoms with E-state index in [0.717, 1.165) is 11.3 Å². The highest BCUT2D eigenvalue weighted by molar-refractivity contribution is 7.19. The monoisotopic (exact) mass is 229 g/mol. The third kappa shape index (κ3) is 3.43. The van der Waals surface area contributed by atoms with E-state index in [1.54, 1.807) is 0 Å². The minimum Gasteiger partial charge on any atom is -0.389 e. The number of amides is 2. The molecule has 1 aromatic heterocycles. The Morgan fingerprint density at radius 3 is 2.20 bits per heavy atom. The van der Waals surface area contributed by atoms with Gasteiger partial charge in [0.25, 0.3) is 0 Å². The van der Waals surface area contributed by atoms with E-state index in [1.807, 2.05) is 0 Å². The van der Waals surface area contributed by atoms with Crippen LogP contribution in [0.4, 0.5) is 10.1 Å². The number of hydrogen-bond acceptors (Lipinski definition) is 6. The van der Waals surface area contributed by atoms with Crippen molar-refractivity contribution in [3.8, 4) is 0 Å². The molecule has 6 N–H and O–H groups in total. The SMILES string of the molecule is NC(=O)CN(CC(N)=O)c1ncc(N)s1. The van der Waals surface area contributed by atoms with E-state index in [2.05, 4.69) is 4.98 Å². The van der Waals surface area contributed by atoms with Gasteiger partial charge >= 0.3 is 0 Å². The zero-order valence-corrected chi connectivity index (χ0v) is 8.66.